The first-order chi connectivity index (χ1) is 10.4. The highest BCUT2D eigenvalue weighted by atomic mass is 32.2. The van der Waals surface area contributed by atoms with Crippen LogP contribution in [0.1, 0.15) is 24.0 Å². The number of hydrogen-bond acceptors (Lipinski definition) is 2. The van der Waals surface area contributed by atoms with Crippen molar-refractivity contribution < 1.29 is 12.8 Å². The van der Waals surface area contributed by atoms with E-state index in [2.05, 4.69) is 4.72 Å². The van der Waals surface area contributed by atoms with E-state index in [0.717, 1.165) is 18.4 Å². The molecule has 0 bridgehead atoms. The smallest absolute Gasteiger partial charge is 0.210 e. The Hall–Kier alpha value is -1.72. The molecule has 3 nitrogen and oxygen atoms in total. The average Bonchev–Trinajstić information content (AvgIpc) is 3.30. The van der Waals surface area contributed by atoms with Gasteiger partial charge in [-0.15, -0.1) is 0 Å². The zero-order valence-electron chi connectivity index (χ0n) is 12.3. The molecule has 116 valence electrons. The minimum Gasteiger partial charge on any atom is -0.210 e. The Balaban J connectivity index is 1.77. The summed E-state index contributed by atoms with van der Waals surface area (Å²) in [6.45, 7) is 1.93. The number of rotatable bonds is 5. The van der Waals surface area contributed by atoms with Gasteiger partial charge in [-0.3, -0.25) is 0 Å². The Morgan fingerprint density at radius 3 is 2.41 bits per heavy atom. The lowest BCUT2D eigenvalue weighted by atomic mass is 9.96. The van der Waals surface area contributed by atoms with Gasteiger partial charge in [0.2, 0.25) is 10.0 Å². The maximum absolute atomic E-state index is 13.3. The fourth-order valence-electron chi connectivity index (χ4n) is 2.61. The molecule has 0 unspecified atom stereocenters. The molecular weight excluding hydrogens is 301 g/mol. The summed E-state index contributed by atoms with van der Waals surface area (Å²) in [5.41, 5.74) is 1.39. The maximum atomic E-state index is 13.3. The molecular formula is C17H18FNO2S. The van der Waals surface area contributed by atoms with Gasteiger partial charge in [-0.25, -0.2) is 17.5 Å². The Morgan fingerprint density at radius 1 is 1.14 bits per heavy atom. The average molecular weight is 319 g/mol. The molecule has 1 N–H and O–H groups in total. The predicted molar refractivity (Wildman–Crippen MR) is 83.7 cm³/mol. The Bertz CT molecular complexity index is 784. The summed E-state index contributed by atoms with van der Waals surface area (Å²) in [5.74, 6) is -0.401. The molecule has 2 aromatic carbocycles. The number of sulfonamides is 1. The number of halogens is 1. The molecule has 0 saturated heterocycles. The molecule has 22 heavy (non-hydrogen) atoms. The van der Waals surface area contributed by atoms with Crippen molar-refractivity contribution in [3.05, 3.63) is 65.5 Å². The Morgan fingerprint density at radius 2 is 1.82 bits per heavy atom. The van der Waals surface area contributed by atoms with Gasteiger partial charge < -0.3 is 0 Å². The van der Waals surface area contributed by atoms with Gasteiger partial charge in [0.25, 0.3) is 0 Å². The minimum atomic E-state index is -3.62. The Labute approximate surface area is 130 Å². The van der Waals surface area contributed by atoms with Crippen LogP contribution in [0.15, 0.2) is 53.4 Å². The van der Waals surface area contributed by atoms with Crippen molar-refractivity contribution in [1.82, 2.24) is 4.72 Å². The van der Waals surface area contributed by atoms with Crippen LogP contribution in [0, 0.1) is 12.7 Å². The van der Waals surface area contributed by atoms with Crippen LogP contribution in [0.5, 0.6) is 0 Å². The molecule has 3 rings (SSSR count). The number of hydrogen-bond donors (Lipinski definition) is 1. The monoisotopic (exact) mass is 319 g/mol. The van der Waals surface area contributed by atoms with Gasteiger partial charge in [-0.05, 0) is 49.1 Å². The number of benzene rings is 2. The van der Waals surface area contributed by atoms with Gasteiger partial charge in [-0.1, -0.05) is 30.3 Å². The summed E-state index contributed by atoms with van der Waals surface area (Å²) >= 11 is 0. The highest BCUT2D eigenvalue weighted by molar-refractivity contribution is 7.89. The second-order valence-electron chi connectivity index (χ2n) is 5.88. The molecule has 0 aliphatic heterocycles. The van der Waals surface area contributed by atoms with Crippen LogP contribution >= 0.6 is 0 Å². The van der Waals surface area contributed by atoms with E-state index in [1.54, 1.807) is 6.92 Å². The first kappa shape index (κ1) is 15.2. The topological polar surface area (TPSA) is 46.2 Å². The quantitative estimate of drug-likeness (QED) is 0.920. The van der Waals surface area contributed by atoms with Crippen molar-refractivity contribution in [3.8, 4) is 0 Å². The van der Waals surface area contributed by atoms with Crippen LogP contribution in [0.25, 0.3) is 0 Å². The van der Waals surface area contributed by atoms with E-state index in [9.17, 15) is 12.8 Å². The summed E-state index contributed by atoms with van der Waals surface area (Å²) < 4.78 is 40.7. The molecule has 0 radical (unpaired) electrons. The van der Waals surface area contributed by atoms with E-state index in [1.165, 1.54) is 18.2 Å². The molecule has 1 saturated carbocycles. The molecule has 0 spiro atoms. The third-order valence-electron chi connectivity index (χ3n) is 4.28. The normalized spacial score (nSPS) is 16.5. The van der Waals surface area contributed by atoms with Crippen molar-refractivity contribution >= 4 is 10.0 Å². The largest absolute Gasteiger partial charge is 0.240 e. The number of nitrogens with one attached hydrogen (secondary N) is 1. The van der Waals surface area contributed by atoms with Gasteiger partial charge >= 0.3 is 0 Å². The van der Waals surface area contributed by atoms with E-state index in [4.69, 9.17) is 0 Å². The lowest BCUT2D eigenvalue weighted by Gasteiger charge is -2.17. The molecule has 0 heterocycles. The maximum Gasteiger partial charge on any atom is 0.240 e. The fourth-order valence-corrected chi connectivity index (χ4v) is 3.82. The first-order valence-corrected chi connectivity index (χ1v) is 8.73. The highest BCUT2D eigenvalue weighted by Gasteiger charge is 2.44. The van der Waals surface area contributed by atoms with Gasteiger partial charge in [0, 0.05) is 12.0 Å². The molecule has 5 heteroatoms. The molecule has 1 aliphatic rings. The van der Waals surface area contributed by atoms with Gasteiger partial charge in [0.15, 0.2) is 0 Å². The zero-order chi connectivity index (χ0) is 15.8. The van der Waals surface area contributed by atoms with Crippen LogP contribution in [0.2, 0.25) is 0 Å². The van der Waals surface area contributed by atoms with Gasteiger partial charge in [0.05, 0.1) is 4.90 Å². The lowest BCUT2D eigenvalue weighted by Crippen LogP contribution is -2.32. The van der Waals surface area contributed by atoms with Gasteiger partial charge in [-0.2, -0.15) is 0 Å². The summed E-state index contributed by atoms with van der Waals surface area (Å²) in [7, 11) is -3.62. The first-order valence-electron chi connectivity index (χ1n) is 7.24. The van der Waals surface area contributed by atoms with Crippen LogP contribution in [-0.4, -0.2) is 15.0 Å². The Kier molecular flexibility index (Phi) is 3.78. The second kappa shape index (κ2) is 5.48. The van der Waals surface area contributed by atoms with E-state index in [1.807, 2.05) is 30.3 Å². The van der Waals surface area contributed by atoms with Crippen LogP contribution in [0.4, 0.5) is 4.39 Å². The van der Waals surface area contributed by atoms with Crippen molar-refractivity contribution in [2.24, 2.45) is 0 Å². The van der Waals surface area contributed by atoms with Crippen molar-refractivity contribution in [1.29, 1.82) is 0 Å². The summed E-state index contributed by atoms with van der Waals surface area (Å²) in [5, 5.41) is 0. The van der Waals surface area contributed by atoms with Gasteiger partial charge in [0.1, 0.15) is 5.82 Å². The molecule has 0 atom stereocenters. The highest BCUT2D eigenvalue weighted by Crippen LogP contribution is 2.47. The standard InChI is InChI=1S/C17H18FNO2S/c1-13-11-15(7-8-16(13)18)22(20,21)19-12-17(9-10-17)14-5-3-2-4-6-14/h2-8,11,19H,9-10,12H2,1H3. The summed E-state index contributed by atoms with van der Waals surface area (Å²) in [4.78, 5) is 0.107. The van der Waals surface area contributed by atoms with Crippen molar-refractivity contribution in [3.63, 3.8) is 0 Å². The molecule has 0 amide bonds. The minimum absolute atomic E-state index is 0.0938. The van der Waals surface area contributed by atoms with E-state index in [-0.39, 0.29) is 10.3 Å². The van der Waals surface area contributed by atoms with Crippen LogP contribution in [-0.2, 0) is 15.4 Å². The molecule has 1 aliphatic carbocycles. The third kappa shape index (κ3) is 2.91. The number of aryl methyl sites for hydroxylation is 1. The van der Waals surface area contributed by atoms with E-state index in [0.29, 0.717) is 12.1 Å². The summed E-state index contributed by atoms with van der Waals surface area (Å²) in [6.07, 6.45) is 1.95. The van der Waals surface area contributed by atoms with Crippen LogP contribution in [0.3, 0.4) is 0 Å². The summed E-state index contributed by atoms with van der Waals surface area (Å²) in [6, 6.07) is 13.8. The molecule has 0 aromatic heterocycles. The molecule has 2 aromatic rings. The molecule has 1 fully saturated rings. The second-order valence-corrected chi connectivity index (χ2v) is 7.65. The van der Waals surface area contributed by atoms with Crippen molar-refractivity contribution in [2.45, 2.75) is 30.1 Å². The van der Waals surface area contributed by atoms with Crippen LogP contribution < -0.4 is 4.72 Å². The predicted octanol–water partition coefficient (Wildman–Crippen LogP) is 3.14. The van der Waals surface area contributed by atoms with Crippen molar-refractivity contribution in [2.75, 3.05) is 6.54 Å². The van der Waals surface area contributed by atoms with E-state index < -0.39 is 15.8 Å². The SMILES string of the molecule is Cc1cc(S(=O)(=O)NCC2(c3ccccc3)CC2)ccc1F. The third-order valence-corrected chi connectivity index (χ3v) is 5.68. The zero-order valence-corrected chi connectivity index (χ0v) is 13.2. The fraction of sp³-hybridized carbons (Fsp3) is 0.294. The van der Waals surface area contributed by atoms with E-state index >= 15 is 0 Å². The lowest BCUT2D eigenvalue weighted by molar-refractivity contribution is 0.566.